The number of hydrogen-bond acceptors (Lipinski definition) is 2. The van der Waals surface area contributed by atoms with E-state index in [4.69, 9.17) is 4.74 Å². The molecule has 1 aromatic rings. The van der Waals surface area contributed by atoms with Crippen molar-refractivity contribution in [3.8, 4) is 5.75 Å². The van der Waals surface area contributed by atoms with Gasteiger partial charge in [-0.15, -0.1) is 12.4 Å². The first-order chi connectivity index (χ1) is 10.8. The third-order valence-corrected chi connectivity index (χ3v) is 4.62. The van der Waals surface area contributed by atoms with Crippen molar-refractivity contribution < 1.29 is 9.13 Å². The molecule has 4 heteroatoms. The summed E-state index contributed by atoms with van der Waals surface area (Å²) in [5.74, 6) is 1.42. The van der Waals surface area contributed by atoms with Gasteiger partial charge in [-0.25, -0.2) is 4.39 Å². The van der Waals surface area contributed by atoms with Crippen molar-refractivity contribution in [3.05, 3.63) is 30.1 Å². The van der Waals surface area contributed by atoms with Gasteiger partial charge >= 0.3 is 0 Å². The summed E-state index contributed by atoms with van der Waals surface area (Å²) in [4.78, 5) is 2.63. The Morgan fingerprint density at radius 2 is 1.78 bits per heavy atom. The monoisotopic (exact) mass is 343 g/mol. The van der Waals surface area contributed by atoms with Crippen LogP contribution in [0.1, 0.15) is 51.9 Å². The second kappa shape index (κ2) is 11.7. The molecule has 0 spiro atoms. The van der Waals surface area contributed by atoms with Crippen LogP contribution in [0.15, 0.2) is 24.3 Å². The zero-order chi connectivity index (χ0) is 15.6. The van der Waals surface area contributed by atoms with E-state index in [2.05, 4.69) is 11.8 Å². The summed E-state index contributed by atoms with van der Waals surface area (Å²) in [5.41, 5.74) is 0. The number of nitrogens with zero attached hydrogens (tertiary/aromatic N) is 1. The van der Waals surface area contributed by atoms with Crippen molar-refractivity contribution >= 4 is 12.4 Å². The molecule has 2 rings (SSSR count). The number of rotatable bonds is 9. The van der Waals surface area contributed by atoms with Crippen molar-refractivity contribution in [3.63, 3.8) is 0 Å². The topological polar surface area (TPSA) is 12.5 Å². The van der Waals surface area contributed by atoms with Crippen LogP contribution in [0.5, 0.6) is 5.75 Å². The number of halogens is 2. The molecule has 0 saturated carbocycles. The molecule has 0 aliphatic carbocycles. The van der Waals surface area contributed by atoms with Gasteiger partial charge in [-0.05, 0) is 81.9 Å². The molecule has 0 aromatic heterocycles. The van der Waals surface area contributed by atoms with Crippen LogP contribution >= 0.6 is 12.4 Å². The van der Waals surface area contributed by atoms with Crippen molar-refractivity contribution in [2.45, 2.75) is 51.9 Å². The number of hydrogen-bond donors (Lipinski definition) is 0. The van der Waals surface area contributed by atoms with Gasteiger partial charge < -0.3 is 9.64 Å². The fraction of sp³-hybridized carbons (Fsp3) is 0.684. The minimum Gasteiger partial charge on any atom is -0.494 e. The number of piperidine rings is 1. The van der Waals surface area contributed by atoms with E-state index < -0.39 is 0 Å². The van der Waals surface area contributed by atoms with Gasteiger partial charge in [0, 0.05) is 0 Å². The van der Waals surface area contributed by atoms with Crippen LogP contribution in [0, 0.1) is 11.7 Å². The summed E-state index contributed by atoms with van der Waals surface area (Å²) in [6.45, 7) is 6.83. The zero-order valence-electron chi connectivity index (χ0n) is 14.3. The Bertz CT molecular complexity index is 404. The van der Waals surface area contributed by atoms with E-state index in [-0.39, 0.29) is 18.2 Å². The molecule has 0 amide bonds. The number of likely N-dealkylation sites (tertiary alicyclic amines) is 1. The van der Waals surface area contributed by atoms with Gasteiger partial charge in [0.2, 0.25) is 0 Å². The second-order valence-corrected chi connectivity index (χ2v) is 6.44. The molecule has 1 aliphatic heterocycles. The highest BCUT2D eigenvalue weighted by Crippen LogP contribution is 2.22. The molecule has 1 saturated heterocycles. The van der Waals surface area contributed by atoms with Crippen LogP contribution in [0.3, 0.4) is 0 Å². The lowest BCUT2D eigenvalue weighted by Gasteiger charge is -2.32. The van der Waals surface area contributed by atoms with Crippen LogP contribution in [0.4, 0.5) is 4.39 Å². The van der Waals surface area contributed by atoms with Crippen molar-refractivity contribution in [2.75, 3.05) is 26.2 Å². The molecule has 23 heavy (non-hydrogen) atoms. The van der Waals surface area contributed by atoms with Crippen LogP contribution in [0.25, 0.3) is 0 Å². The fourth-order valence-corrected chi connectivity index (χ4v) is 3.18. The van der Waals surface area contributed by atoms with Gasteiger partial charge in [-0.2, -0.15) is 0 Å². The molecule has 1 aromatic carbocycles. The highest BCUT2D eigenvalue weighted by Gasteiger charge is 2.18. The van der Waals surface area contributed by atoms with Crippen LogP contribution in [0.2, 0.25) is 0 Å². The number of benzene rings is 1. The first-order valence-electron chi connectivity index (χ1n) is 8.88. The normalized spacial score (nSPS) is 16.1. The third-order valence-electron chi connectivity index (χ3n) is 4.62. The molecule has 2 nitrogen and oxygen atoms in total. The van der Waals surface area contributed by atoms with E-state index in [1.165, 1.54) is 70.3 Å². The van der Waals surface area contributed by atoms with Gasteiger partial charge in [0.15, 0.2) is 0 Å². The summed E-state index contributed by atoms with van der Waals surface area (Å²) in [7, 11) is 0. The Hall–Kier alpha value is -0.800. The summed E-state index contributed by atoms with van der Waals surface area (Å²) >= 11 is 0. The molecule has 0 atom stereocenters. The maximum absolute atomic E-state index is 12.8. The lowest BCUT2D eigenvalue weighted by Crippen LogP contribution is -2.34. The first kappa shape index (κ1) is 20.2. The van der Waals surface area contributed by atoms with Crippen molar-refractivity contribution in [2.24, 2.45) is 5.92 Å². The maximum Gasteiger partial charge on any atom is 0.123 e. The van der Waals surface area contributed by atoms with Gasteiger partial charge in [0.05, 0.1) is 6.61 Å². The molecule has 0 N–H and O–H groups in total. The fourth-order valence-electron chi connectivity index (χ4n) is 3.18. The molecular weight excluding hydrogens is 313 g/mol. The van der Waals surface area contributed by atoms with E-state index in [1.807, 2.05) is 0 Å². The number of unbranched alkanes of at least 4 members (excludes halogenated alkanes) is 2. The van der Waals surface area contributed by atoms with Gasteiger partial charge in [-0.1, -0.05) is 19.8 Å². The van der Waals surface area contributed by atoms with E-state index in [1.54, 1.807) is 12.1 Å². The third kappa shape index (κ3) is 8.03. The second-order valence-electron chi connectivity index (χ2n) is 6.44. The summed E-state index contributed by atoms with van der Waals surface area (Å²) in [6, 6.07) is 6.29. The average molecular weight is 344 g/mol. The predicted octanol–water partition coefficient (Wildman–Crippen LogP) is 5.31. The maximum atomic E-state index is 12.8. The number of ether oxygens (including phenoxy) is 1. The standard InChI is InChI=1S/C19H30FNO.ClH/c1-2-3-4-13-21-14-11-17(12-15-21)6-5-16-22-19-9-7-18(20)8-10-19;/h7-10,17H,2-6,11-16H2,1H3;1H. The summed E-state index contributed by atoms with van der Waals surface area (Å²) in [6.07, 6.45) is 9.05. The molecule has 1 fully saturated rings. The highest BCUT2D eigenvalue weighted by molar-refractivity contribution is 5.85. The Morgan fingerprint density at radius 1 is 1.09 bits per heavy atom. The Kier molecular flexibility index (Phi) is 10.3. The quantitative estimate of drug-likeness (QED) is 0.563. The Balaban J connectivity index is 0.00000264. The smallest absolute Gasteiger partial charge is 0.123 e. The van der Waals surface area contributed by atoms with Crippen molar-refractivity contribution in [1.82, 2.24) is 4.90 Å². The molecule has 0 radical (unpaired) electrons. The Labute approximate surface area is 146 Å². The molecule has 1 aliphatic rings. The summed E-state index contributed by atoms with van der Waals surface area (Å²) in [5, 5.41) is 0. The molecule has 1 heterocycles. The van der Waals surface area contributed by atoms with E-state index in [0.717, 1.165) is 24.7 Å². The Morgan fingerprint density at radius 3 is 2.43 bits per heavy atom. The van der Waals surface area contributed by atoms with Gasteiger partial charge in [0.25, 0.3) is 0 Å². The van der Waals surface area contributed by atoms with E-state index >= 15 is 0 Å². The minimum absolute atomic E-state index is 0. The van der Waals surface area contributed by atoms with Gasteiger partial charge in [0.1, 0.15) is 11.6 Å². The van der Waals surface area contributed by atoms with E-state index in [0.29, 0.717) is 0 Å². The lowest BCUT2D eigenvalue weighted by molar-refractivity contribution is 0.170. The first-order valence-corrected chi connectivity index (χ1v) is 8.88. The summed E-state index contributed by atoms with van der Waals surface area (Å²) < 4.78 is 18.4. The minimum atomic E-state index is -0.210. The highest BCUT2D eigenvalue weighted by atomic mass is 35.5. The van der Waals surface area contributed by atoms with Crippen LogP contribution in [-0.4, -0.2) is 31.1 Å². The molecule has 0 bridgehead atoms. The zero-order valence-corrected chi connectivity index (χ0v) is 15.1. The molecule has 132 valence electrons. The largest absolute Gasteiger partial charge is 0.494 e. The van der Waals surface area contributed by atoms with Crippen LogP contribution < -0.4 is 4.74 Å². The van der Waals surface area contributed by atoms with Crippen LogP contribution in [-0.2, 0) is 0 Å². The average Bonchev–Trinajstić information content (AvgIpc) is 2.55. The SMILES string of the molecule is CCCCCN1CCC(CCCOc2ccc(F)cc2)CC1.Cl. The molecule has 0 unspecified atom stereocenters. The predicted molar refractivity (Wildman–Crippen MR) is 97.1 cm³/mol. The van der Waals surface area contributed by atoms with Gasteiger partial charge in [-0.3, -0.25) is 0 Å². The lowest BCUT2D eigenvalue weighted by atomic mass is 9.92. The van der Waals surface area contributed by atoms with Crippen molar-refractivity contribution in [1.29, 1.82) is 0 Å². The van der Waals surface area contributed by atoms with E-state index in [9.17, 15) is 4.39 Å². The molecular formula is C19H31ClFNO.